The number of hydrogen-bond donors (Lipinski definition) is 1. The smallest absolute Gasteiger partial charge is 0.305 e. The molecule has 0 atom stereocenters. The molecule has 3 rings (SSSR count). The lowest BCUT2D eigenvalue weighted by Crippen LogP contribution is -2.31. The van der Waals surface area contributed by atoms with Gasteiger partial charge in [-0.1, -0.05) is 42.2 Å². The summed E-state index contributed by atoms with van der Waals surface area (Å²) in [6.07, 6.45) is -0.194. The molecular formula is C16H14N2O4S2. The molecule has 0 aromatic heterocycles. The fourth-order valence-electron chi connectivity index (χ4n) is 2.76. The molecular weight excluding hydrogens is 348 g/mol. The zero-order valence-electron chi connectivity index (χ0n) is 12.8. The van der Waals surface area contributed by atoms with Crippen molar-refractivity contribution in [2.45, 2.75) is 13.3 Å². The van der Waals surface area contributed by atoms with Gasteiger partial charge in [-0.2, -0.15) is 0 Å². The van der Waals surface area contributed by atoms with Gasteiger partial charge in [0.25, 0.3) is 11.8 Å². The zero-order valence-corrected chi connectivity index (χ0v) is 14.4. The number of likely N-dealkylation sites (N-methyl/N-ethyl adjacent to an activating group) is 1. The molecule has 0 saturated carbocycles. The summed E-state index contributed by atoms with van der Waals surface area (Å²) in [6, 6.07) is 7.31. The number of thioether (sulfide) groups is 1. The van der Waals surface area contributed by atoms with Gasteiger partial charge in [0.2, 0.25) is 0 Å². The number of aliphatic carboxylic acids is 1. The number of hydrogen-bond acceptors (Lipinski definition) is 5. The number of fused-ring (bicyclic) bond motifs is 1. The largest absolute Gasteiger partial charge is 0.481 e. The number of carboxylic acid groups (broad SMARTS) is 1. The number of amides is 2. The molecule has 0 unspecified atom stereocenters. The summed E-state index contributed by atoms with van der Waals surface area (Å²) in [7, 11) is 0. The van der Waals surface area contributed by atoms with Crippen LogP contribution in [0.1, 0.15) is 18.9 Å². The number of thiocarbonyl (C=S) groups is 1. The van der Waals surface area contributed by atoms with Crippen LogP contribution in [-0.4, -0.2) is 45.2 Å². The predicted molar refractivity (Wildman–Crippen MR) is 95.5 cm³/mol. The second kappa shape index (κ2) is 6.37. The van der Waals surface area contributed by atoms with Crippen LogP contribution in [-0.2, 0) is 14.4 Å². The van der Waals surface area contributed by atoms with Gasteiger partial charge in [0, 0.05) is 18.7 Å². The molecule has 1 N–H and O–H groups in total. The van der Waals surface area contributed by atoms with Crippen LogP contribution in [0.25, 0.3) is 5.57 Å². The SMILES string of the molecule is CCN1C(=O)C(=C2SC(=S)N(CCC(=O)O)C2=O)c2ccccc21. The van der Waals surface area contributed by atoms with Crippen LogP contribution in [0.4, 0.5) is 5.69 Å². The first-order valence-electron chi connectivity index (χ1n) is 7.36. The number of anilines is 1. The highest BCUT2D eigenvalue weighted by Gasteiger charge is 2.41. The summed E-state index contributed by atoms with van der Waals surface area (Å²) in [5, 5.41) is 8.80. The van der Waals surface area contributed by atoms with Crippen molar-refractivity contribution in [2.75, 3.05) is 18.0 Å². The Morgan fingerprint density at radius 1 is 1.21 bits per heavy atom. The average molecular weight is 362 g/mol. The van der Waals surface area contributed by atoms with Crippen molar-refractivity contribution in [3.8, 4) is 0 Å². The van der Waals surface area contributed by atoms with Gasteiger partial charge in [0.15, 0.2) is 0 Å². The van der Waals surface area contributed by atoms with E-state index in [4.69, 9.17) is 17.3 Å². The van der Waals surface area contributed by atoms with Gasteiger partial charge in [-0.05, 0) is 13.0 Å². The molecule has 2 heterocycles. The minimum absolute atomic E-state index is 0.00408. The lowest BCUT2D eigenvalue weighted by Gasteiger charge is -2.13. The Hall–Kier alpha value is -2.19. The Balaban J connectivity index is 2.04. The summed E-state index contributed by atoms with van der Waals surface area (Å²) in [4.78, 5) is 39.3. The molecule has 1 aromatic rings. The van der Waals surface area contributed by atoms with E-state index in [1.807, 2.05) is 31.2 Å². The second-order valence-electron chi connectivity index (χ2n) is 5.24. The number of carbonyl (C=O) groups is 3. The Kier molecular flexibility index (Phi) is 4.42. The topological polar surface area (TPSA) is 77.9 Å². The Morgan fingerprint density at radius 2 is 1.92 bits per heavy atom. The Bertz CT molecular complexity index is 803. The van der Waals surface area contributed by atoms with Crippen molar-refractivity contribution < 1.29 is 19.5 Å². The minimum Gasteiger partial charge on any atom is -0.481 e. The molecule has 8 heteroatoms. The standard InChI is InChI=1S/C16H14N2O4S2/c1-2-17-10-6-4-3-5-9(10)12(14(17)21)13-15(22)18(16(23)24-13)8-7-11(19)20/h3-6H,2,7-8H2,1H3,(H,19,20). The lowest BCUT2D eigenvalue weighted by atomic mass is 10.1. The maximum absolute atomic E-state index is 12.8. The number of benzene rings is 1. The van der Waals surface area contributed by atoms with E-state index < -0.39 is 11.9 Å². The number of nitrogens with zero attached hydrogens (tertiary/aromatic N) is 2. The third-order valence-electron chi connectivity index (χ3n) is 3.86. The molecule has 0 spiro atoms. The molecule has 1 fully saturated rings. The summed E-state index contributed by atoms with van der Waals surface area (Å²) < 4.78 is 0.281. The summed E-state index contributed by atoms with van der Waals surface area (Å²) in [6.45, 7) is 2.37. The first-order valence-corrected chi connectivity index (χ1v) is 8.59. The van der Waals surface area contributed by atoms with E-state index in [2.05, 4.69) is 0 Å². The third-order valence-corrected chi connectivity index (χ3v) is 5.31. The van der Waals surface area contributed by atoms with E-state index in [9.17, 15) is 14.4 Å². The van der Waals surface area contributed by atoms with Crippen LogP contribution in [0.5, 0.6) is 0 Å². The van der Waals surface area contributed by atoms with Crippen LogP contribution < -0.4 is 4.90 Å². The van der Waals surface area contributed by atoms with Crippen LogP contribution >= 0.6 is 24.0 Å². The number of carboxylic acids is 1. The fourth-order valence-corrected chi connectivity index (χ4v) is 4.14. The first-order chi connectivity index (χ1) is 11.5. The molecule has 0 bridgehead atoms. The van der Waals surface area contributed by atoms with Crippen molar-refractivity contribution in [2.24, 2.45) is 0 Å². The number of carbonyl (C=O) groups excluding carboxylic acids is 2. The average Bonchev–Trinajstić information content (AvgIpc) is 2.98. The van der Waals surface area contributed by atoms with Crippen molar-refractivity contribution in [3.05, 3.63) is 34.7 Å². The summed E-state index contributed by atoms with van der Waals surface area (Å²) >= 11 is 6.25. The highest BCUT2D eigenvalue weighted by molar-refractivity contribution is 8.26. The van der Waals surface area contributed by atoms with Gasteiger partial charge in [-0.25, -0.2) is 0 Å². The van der Waals surface area contributed by atoms with Gasteiger partial charge in [0.1, 0.15) is 4.32 Å². The lowest BCUT2D eigenvalue weighted by molar-refractivity contribution is -0.137. The predicted octanol–water partition coefficient (Wildman–Crippen LogP) is 2.10. The molecule has 2 amide bonds. The van der Waals surface area contributed by atoms with Gasteiger partial charge in [-0.15, -0.1) is 0 Å². The van der Waals surface area contributed by atoms with Gasteiger partial charge in [-0.3, -0.25) is 19.3 Å². The molecule has 0 aliphatic carbocycles. The monoisotopic (exact) mass is 362 g/mol. The number of rotatable bonds is 4. The van der Waals surface area contributed by atoms with E-state index in [1.165, 1.54) is 4.90 Å². The van der Waals surface area contributed by atoms with E-state index in [-0.39, 0.29) is 28.1 Å². The highest BCUT2D eigenvalue weighted by atomic mass is 32.2. The van der Waals surface area contributed by atoms with E-state index >= 15 is 0 Å². The summed E-state index contributed by atoms with van der Waals surface area (Å²) in [5.74, 6) is -1.63. The fraction of sp³-hybridized carbons (Fsp3) is 0.250. The van der Waals surface area contributed by atoms with Crippen LogP contribution in [0, 0.1) is 0 Å². The van der Waals surface area contributed by atoms with E-state index in [0.717, 1.165) is 17.4 Å². The molecule has 1 saturated heterocycles. The maximum atomic E-state index is 12.8. The second-order valence-corrected chi connectivity index (χ2v) is 6.88. The first kappa shape index (κ1) is 16.7. The third kappa shape index (κ3) is 2.61. The van der Waals surface area contributed by atoms with Crippen molar-refractivity contribution in [3.63, 3.8) is 0 Å². The molecule has 2 aliphatic rings. The van der Waals surface area contributed by atoms with Crippen LogP contribution in [0.15, 0.2) is 29.2 Å². The molecule has 124 valence electrons. The normalized spacial score (nSPS) is 20.1. The van der Waals surface area contributed by atoms with Gasteiger partial charge < -0.3 is 10.0 Å². The molecule has 24 heavy (non-hydrogen) atoms. The van der Waals surface area contributed by atoms with E-state index in [0.29, 0.717) is 17.7 Å². The zero-order chi connectivity index (χ0) is 17.4. The number of para-hydroxylation sites is 1. The van der Waals surface area contributed by atoms with Crippen molar-refractivity contribution in [1.29, 1.82) is 0 Å². The maximum Gasteiger partial charge on any atom is 0.305 e. The molecule has 0 radical (unpaired) electrons. The van der Waals surface area contributed by atoms with Crippen LogP contribution in [0.3, 0.4) is 0 Å². The van der Waals surface area contributed by atoms with Gasteiger partial charge >= 0.3 is 5.97 Å². The molecule has 1 aromatic carbocycles. The highest BCUT2D eigenvalue weighted by Crippen LogP contribution is 2.44. The molecule has 2 aliphatic heterocycles. The van der Waals surface area contributed by atoms with Crippen molar-refractivity contribution in [1.82, 2.24) is 4.90 Å². The van der Waals surface area contributed by atoms with Gasteiger partial charge in [0.05, 0.1) is 22.6 Å². The van der Waals surface area contributed by atoms with E-state index in [1.54, 1.807) is 4.90 Å². The molecule has 6 nitrogen and oxygen atoms in total. The quantitative estimate of drug-likeness (QED) is 0.653. The Morgan fingerprint density at radius 3 is 2.58 bits per heavy atom. The van der Waals surface area contributed by atoms with Crippen LogP contribution in [0.2, 0.25) is 0 Å². The Labute approximate surface area is 148 Å². The minimum atomic E-state index is -1.00. The summed E-state index contributed by atoms with van der Waals surface area (Å²) in [5.41, 5.74) is 1.83. The van der Waals surface area contributed by atoms with Crippen molar-refractivity contribution >= 4 is 57.3 Å².